The molecule has 1 amide bonds. The van der Waals surface area contributed by atoms with Crippen LogP contribution in [-0.2, 0) is 17.8 Å². The third kappa shape index (κ3) is 3.24. The van der Waals surface area contributed by atoms with Crippen molar-refractivity contribution in [3.05, 3.63) is 34.9 Å². The minimum Gasteiger partial charge on any atom is -0.444 e. The molecule has 0 unspecified atom stereocenters. The summed E-state index contributed by atoms with van der Waals surface area (Å²) in [4.78, 5) is 13.7. The van der Waals surface area contributed by atoms with Gasteiger partial charge in [-0.05, 0) is 43.5 Å². The molecule has 1 aliphatic rings. The molecule has 1 heterocycles. The highest BCUT2D eigenvalue weighted by molar-refractivity contribution is 5.80. The van der Waals surface area contributed by atoms with Crippen LogP contribution in [0, 0.1) is 0 Å². The molecule has 1 aromatic carbocycles. The molecule has 0 saturated heterocycles. The van der Waals surface area contributed by atoms with Gasteiger partial charge in [0.2, 0.25) is 0 Å². The normalized spacial score (nSPS) is 14.8. The van der Waals surface area contributed by atoms with Crippen molar-refractivity contribution in [1.29, 1.82) is 0 Å². The molecule has 1 aromatic rings. The van der Waals surface area contributed by atoms with Crippen molar-refractivity contribution < 1.29 is 9.53 Å². The number of carbonyl (C=O) groups excluding carboxylic acids is 1. The van der Waals surface area contributed by atoms with Crippen LogP contribution in [0.2, 0.25) is 0 Å². The van der Waals surface area contributed by atoms with E-state index < -0.39 is 5.60 Å². The Balaban J connectivity index is 2.10. The second-order valence-electron chi connectivity index (χ2n) is 5.64. The molecule has 19 heavy (non-hydrogen) atoms. The van der Waals surface area contributed by atoms with E-state index in [0.29, 0.717) is 13.1 Å². The van der Waals surface area contributed by atoms with Gasteiger partial charge in [0.15, 0.2) is 0 Å². The lowest BCUT2D eigenvalue weighted by Crippen LogP contribution is -2.33. The summed E-state index contributed by atoms with van der Waals surface area (Å²) in [6.07, 6.45) is 1.31. The Labute approximate surface area is 113 Å². The molecule has 2 rings (SSSR count). The van der Waals surface area contributed by atoms with Gasteiger partial charge in [-0.25, -0.2) is 4.79 Å². The van der Waals surface area contributed by atoms with Gasteiger partial charge in [-0.3, -0.25) is 4.90 Å². The minimum atomic E-state index is -0.469. The standard InChI is InChI=1S/C14H19N3O2/c1-14(2,3)19-13(18)17-8-11-5-4-10(7-16-15)6-12(11)9-17/h4-7H,8-9,15H2,1-3H3. The zero-order chi connectivity index (χ0) is 14.0. The lowest BCUT2D eigenvalue weighted by atomic mass is 10.1. The quantitative estimate of drug-likeness (QED) is 0.479. The summed E-state index contributed by atoms with van der Waals surface area (Å²) in [5.74, 6) is 5.14. The molecule has 0 aliphatic carbocycles. The van der Waals surface area contributed by atoms with E-state index in [1.165, 1.54) is 0 Å². The van der Waals surface area contributed by atoms with Gasteiger partial charge in [0.25, 0.3) is 0 Å². The number of hydrazone groups is 1. The highest BCUT2D eigenvalue weighted by Gasteiger charge is 2.27. The van der Waals surface area contributed by atoms with Gasteiger partial charge in [-0.1, -0.05) is 12.1 Å². The van der Waals surface area contributed by atoms with E-state index in [2.05, 4.69) is 5.10 Å². The molecule has 1 aliphatic heterocycles. The molecule has 0 saturated carbocycles. The first-order valence-electron chi connectivity index (χ1n) is 6.22. The summed E-state index contributed by atoms with van der Waals surface area (Å²) in [7, 11) is 0. The lowest BCUT2D eigenvalue weighted by molar-refractivity contribution is 0.0242. The molecule has 2 N–H and O–H groups in total. The first-order valence-corrected chi connectivity index (χ1v) is 6.22. The van der Waals surface area contributed by atoms with Crippen LogP contribution in [0.4, 0.5) is 4.79 Å². The molecule has 0 spiro atoms. The molecular weight excluding hydrogens is 242 g/mol. The average molecular weight is 261 g/mol. The highest BCUT2D eigenvalue weighted by atomic mass is 16.6. The van der Waals surface area contributed by atoms with Crippen LogP contribution < -0.4 is 5.84 Å². The van der Waals surface area contributed by atoms with Gasteiger partial charge >= 0.3 is 6.09 Å². The number of fused-ring (bicyclic) bond motifs is 1. The summed E-state index contributed by atoms with van der Waals surface area (Å²) in [5.41, 5.74) is 2.72. The zero-order valence-electron chi connectivity index (χ0n) is 11.5. The molecule has 0 bridgehead atoms. The van der Waals surface area contributed by atoms with Crippen LogP contribution in [0.5, 0.6) is 0 Å². The molecule has 5 heteroatoms. The lowest BCUT2D eigenvalue weighted by Gasteiger charge is -2.24. The summed E-state index contributed by atoms with van der Waals surface area (Å²) in [6, 6.07) is 5.93. The number of hydrogen-bond acceptors (Lipinski definition) is 4. The van der Waals surface area contributed by atoms with E-state index in [9.17, 15) is 4.79 Å². The summed E-state index contributed by atoms with van der Waals surface area (Å²) in [5, 5.41) is 3.50. The Hall–Kier alpha value is -2.04. The fourth-order valence-electron chi connectivity index (χ4n) is 2.04. The number of amides is 1. The minimum absolute atomic E-state index is 0.280. The molecule has 5 nitrogen and oxygen atoms in total. The van der Waals surface area contributed by atoms with E-state index in [4.69, 9.17) is 10.6 Å². The number of rotatable bonds is 1. The van der Waals surface area contributed by atoms with Crippen LogP contribution in [-0.4, -0.2) is 22.8 Å². The number of nitrogens with zero attached hydrogens (tertiary/aromatic N) is 2. The van der Waals surface area contributed by atoms with E-state index in [-0.39, 0.29) is 6.09 Å². The number of ether oxygens (including phenoxy) is 1. The van der Waals surface area contributed by atoms with Crippen molar-refractivity contribution >= 4 is 12.3 Å². The van der Waals surface area contributed by atoms with Gasteiger partial charge in [0, 0.05) is 13.1 Å². The van der Waals surface area contributed by atoms with Crippen molar-refractivity contribution in [3.63, 3.8) is 0 Å². The van der Waals surface area contributed by atoms with Crippen molar-refractivity contribution in [2.75, 3.05) is 0 Å². The molecular formula is C14H19N3O2. The largest absolute Gasteiger partial charge is 0.444 e. The van der Waals surface area contributed by atoms with Crippen molar-refractivity contribution in [2.24, 2.45) is 10.9 Å². The smallest absolute Gasteiger partial charge is 0.410 e. The molecule has 102 valence electrons. The van der Waals surface area contributed by atoms with Crippen molar-refractivity contribution in [2.45, 2.75) is 39.5 Å². The van der Waals surface area contributed by atoms with Gasteiger partial charge in [-0.2, -0.15) is 5.10 Å². The van der Waals surface area contributed by atoms with Gasteiger partial charge < -0.3 is 10.6 Å². The fourth-order valence-corrected chi connectivity index (χ4v) is 2.04. The summed E-state index contributed by atoms with van der Waals surface area (Å²) in [6.45, 7) is 6.75. The zero-order valence-corrected chi connectivity index (χ0v) is 11.5. The first kappa shape index (κ1) is 13.4. The van der Waals surface area contributed by atoms with Crippen LogP contribution in [0.3, 0.4) is 0 Å². The second-order valence-corrected chi connectivity index (χ2v) is 5.64. The molecule has 0 aromatic heterocycles. The first-order chi connectivity index (χ1) is 8.89. The average Bonchev–Trinajstić information content (AvgIpc) is 2.70. The van der Waals surface area contributed by atoms with Crippen molar-refractivity contribution in [3.8, 4) is 0 Å². The molecule has 0 fully saturated rings. The topological polar surface area (TPSA) is 67.9 Å². The maximum atomic E-state index is 12.0. The predicted octanol–water partition coefficient (Wildman–Crippen LogP) is 2.23. The van der Waals surface area contributed by atoms with E-state index >= 15 is 0 Å². The number of benzene rings is 1. The molecule has 0 atom stereocenters. The van der Waals surface area contributed by atoms with Crippen LogP contribution in [0.15, 0.2) is 23.3 Å². The van der Waals surface area contributed by atoms with Gasteiger partial charge in [0.1, 0.15) is 5.60 Å². The monoisotopic (exact) mass is 261 g/mol. The summed E-state index contributed by atoms with van der Waals surface area (Å²) < 4.78 is 5.37. The third-order valence-corrected chi connectivity index (χ3v) is 2.83. The fraction of sp³-hybridized carbons (Fsp3) is 0.429. The Morgan fingerprint density at radius 3 is 2.68 bits per heavy atom. The van der Waals surface area contributed by atoms with Gasteiger partial charge in [-0.15, -0.1) is 0 Å². The van der Waals surface area contributed by atoms with Gasteiger partial charge in [0.05, 0.1) is 6.21 Å². The predicted molar refractivity (Wildman–Crippen MR) is 73.7 cm³/mol. The second kappa shape index (κ2) is 4.91. The Morgan fingerprint density at radius 1 is 1.37 bits per heavy atom. The Morgan fingerprint density at radius 2 is 2.05 bits per heavy atom. The van der Waals surface area contributed by atoms with Crippen molar-refractivity contribution in [1.82, 2.24) is 4.90 Å². The Bertz CT molecular complexity index is 518. The summed E-state index contributed by atoms with van der Waals surface area (Å²) >= 11 is 0. The van der Waals surface area contributed by atoms with Crippen LogP contribution in [0.25, 0.3) is 0 Å². The maximum absolute atomic E-state index is 12.0. The van der Waals surface area contributed by atoms with E-state index in [1.807, 2.05) is 39.0 Å². The Kier molecular flexibility index (Phi) is 3.46. The number of hydrogen-bond donors (Lipinski definition) is 1. The van der Waals surface area contributed by atoms with Crippen LogP contribution in [0.1, 0.15) is 37.5 Å². The number of carbonyl (C=O) groups is 1. The SMILES string of the molecule is CC(C)(C)OC(=O)N1Cc2ccc(C=NN)cc2C1. The molecule has 0 radical (unpaired) electrons. The number of nitrogens with two attached hydrogens (primary N) is 1. The third-order valence-electron chi connectivity index (χ3n) is 2.83. The van der Waals surface area contributed by atoms with E-state index in [1.54, 1.807) is 11.1 Å². The van der Waals surface area contributed by atoms with E-state index in [0.717, 1.165) is 16.7 Å². The van der Waals surface area contributed by atoms with Crippen LogP contribution >= 0.6 is 0 Å². The maximum Gasteiger partial charge on any atom is 0.410 e. The highest BCUT2D eigenvalue weighted by Crippen LogP contribution is 2.25.